The summed E-state index contributed by atoms with van der Waals surface area (Å²) in [7, 11) is 3.07. The number of carbonyl (C=O) groups is 1. The molecule has 1 N–H and O–H groups in total. The van der Waals surface area contributed by atoms with Crippen molar-refractivity contribution in [3.8, 4) is 0 Å². The summed E-state index contributed by atoms with van der Waals surface area (Å²) in [5.74, 6) is -0.173. The first kappa shape index (κ1) is 9.48. The Balaban J connectivity index is 2.30. The maximum atomic E-state index is 11.0. The van der Waals surface area contributed by atoms with Crippen LogP contribution in [0.5, 0.6) is 0 Å². The average molecular weight is 173 g/mol. The first-order valence-corrected chi connectivity index (χ1v) is 4.10. The van der Waals surface area contributed by atoms with Gasteiger partial charge < -0.3 is 9.47 Å². The smallest absolute Gasteiger partial charge is 0.322 e. The molecule has 12 heavy (non-hydrogen) atoms. The third-order valence-electron chi connectivity index (χ3n) is 2.09. The standard InChI is InChI=1S/C8H15NO3/c1-11-5-6-3-4-7(9-6)8(10)12-2/h6-7,9H,3-5H2,1-2H3/t6-,7+/m1/s1. The zero-order valence-electron chi connectivity index (χ0n) is 7.50. The lowest BCUT2D eigenvalue weighted by molar-refractivity contribution is -0.142. The Bertz CT molecular complexity index is 160. The molecule has 70 valence electrons. The number of ether oxygens (including phenoxy) is 2. The molecule has 1 fully saturated rings. The molecule has 1 heterocycles. The lowest BCUT2D eigenvalue weighted by Crippen LogP contribution is -2.38. The normalized spacial score (nSPS) is 28.8. The van der Waals surface area contributed by atoms with E-state index in [1.165, 1.54) is 7.11 Å². The zero-order valence-corrected chi connectivity index (χ0v) is 7.50. The third kappa shape index (κ3) is 2.19. The van der Waals surface area contributed by atoms with Crippen LogP contribution < -0.4 is 5.32 Å². The Morgan fingerprint density at radius 3 is 2.83 bits per heavy atom. The van der Waals surface area contributed by atoms with E-state index in [1.54, 1.807) is 7.11 Å². The van der Waals surface area contributed by atoms with E-state index >= 15 is 0 Å². The van der Waals surface area contributed by atoms with Crippen molar-refractivity contribution in [3.05, 3.63) is 0 Å². The van der Waals surface area contributed by atoms with Gasteiger partial charge in [0.15, 0.2) is 0 Å². The lowest BCUT2D eigenvalue weighted by Gasteiger charge is -2.11. The molecule has 0 spiro atoms. The molecule has 0 aliphatic carbocycles. The van der Waals surface area contributed by atoms with E-state index in [9.17, 15) is 4.79 Å². The van der Waals surface area contributed by atoms with Crippen LogP contribution >= 0.6 is 0 Å². The average Bonchev–Trinajstić information content (AvgIpc) is 2.52. The zero-order chi connectivity index (χ0) is 8.97. The summed E-state index contributed by atoms with van der Waals surface area (Å²) in [5, 5.41) is 3.14. The minimum Gasteiger partial charge on any atom is -0.468 e. The summed E-state index contributed by atoms with van der Waals surface area (Å²) in [4.78, 5) is 11.0. The molecule has 1 rings (SSSR count). The molecule has 2 atom stereocenters. The summed E-state index contributed by atoms with van der Waals surface area (Å²) in [5.41, 5.74) is 0. The summed E-state index contributed by atoms with van der Waals surface area (Å²) >= 11 is 0. The molecule has 0 radical (unpaired) electrons. The van der Waals surface area contributed by atoms with Gasteiger partial charge in [-0.05, 0) is 12.8 Å². The van der Waals surface area contributed by atoms with Gasteiger partial charge in [0.1, 0.15) is 6.04 Å². The number of methoxy groups -OCH3 is 2. The fourth-order valence-electron chi connectivity index (χ4n) is 1.48. The van der Waals surface area contributed by atoms with Crippen molar-refractivity contribution in [2.75, 3.05) is 20.8 Å². The Morgan fingerprint density at radius 1 is 1.50 bits per heavy atom. The van der Waals surface area contributed by atoms with E-state index in [4.69, 9.17) is 4.74 Å². The van der Waals surface area contributed by atoms with Crippen molar-refractivity contribution in [1.82, 2.24) is 5.32 Å². The van der Waals surface area contributed by atoms with Crippen LogP contribution in [0.4, 0.5) is 0 Å². The van der Waals surface area contributed by atoms with Crippen molar-refractivity contribution >= 4 is 5.97 Å². The first-order valence-electron chi connectivity index (χ1n) is 4.10. The molecule has 0 saturated carbocycles. The van der Waals surface area contributed by atoms with E-state index in [0.717, 1.165) is 12.8 Å². The van der Waals surface area contributed by atoms with E-state index in [0.29, 0.717) is 12.6 Å². The van der Waals surface area contributed by atoms with Gasteiger partial charge in [-0.15, -0.1) is 0 Å². The Morgan fingerprint density at radius 2 is 2.25 bits per heavy atom. The van der Waals surface area contributed by atoms with Crippen molar-refractivity contribution < 1.29 is 14.3 Å². The largest absolute Gasteiger partial charge is 0.468 e. The van der Waals surface area contributed by atoms with E-state index < -0.39 is 0 Å². The second-order valence-corrected chi connectivity index (χ2v) is 2.97. The SMILES string of the molecule is COC[C@H]1CC[C@@H](C(=O)OC)N1. The van der Waals surface area contributed by atoms with Gasteiger partial charge in [-0.25, -0.2) is 0 Å². The number of carbonyl (C=O) groups excluding carboxylic acids is 1. The molecule has 4 nitrogen and oxygen atoms in total. The van der Waals surface area contributed by atoms with E-state index in [-0.39, 0.29) is 12.0 Å². The van der Waals surface area contributed by atoms with Gasteiger partial charge in [-0.2, -0.15) is 0 Å². The van der Waals surface area contributed by atoms with Gasteiger partial charge in [0, 0.05) is 13.2 Å². The van der Waals surface area contributed by atoms with Crippen molar-refractivity contribution in [2.45, 2.75) is 24.9 Å². The topological polar surface area (TPSA) is 47.6 Å². The predicted molar refractivity (Wildman–Crippen MR) is 43.8 cm³/mol. The molecule has 0 aromatic carbocycles. The van der Waals surface area contributed by atoms with Crippen LogP contribution in [0, 0.1) is 0 Å². The van der Waals surface area contributed by atoms with Crippen molar-refractivity contribution in [1.29, 1.82) is 0 Å². The monoisotopic (exact) mass is 173 g/mol. The van der Waals surface area contributed by atoms with E-state index in [1.807, 2.05) is 0 Å². The molecular formula is C8H15NO3. The minimum absolute atomic E-state index is 0.129. The van der Waals surface area contributed by atoms with Gasteiger partial charge in [-0.3, -0.25) is 10.1 Å². The minimum atomic E-state index is -0.173. The molecule has 0 aromatic heterocycles. The lowest BCUT2D eigenvalue weighted by atomic mass is 10.2. The van der Waals surface area contributed by atoms with Gasteiger partial charge in [0.2, 0.25) is 0 Å². The number of hydrogen-bond acceptors (Lipinski definition) is 4. The van der Waals surface area contributed by atoms with Crippen LogP contribution in [0.3, 0.4) is 0 Å². The van der Waals surface area contributed by atoms with Gasteiger partial charge in [0.05, 0.1) is 13.7 Å². The molecule has 0 amide bonds. The number of hydrogen-bond donors (Lipinski definition) is 1. The van der Waals surface area contributed by atoms with Crippen LogP contribution in [0.25, 0.3) is 0 Å². The molecule has 4 heteroatoms. The molecular weight excluding hydrogens is 158 g/mol. The summed E-state index contributed by atoms with van der Waals surface area (Å²) in [6.45, 7) is 0.660. The molecule has 0 aromatic rings. The maximum absolute atomic E-state index is 11.0. The molecule has 1 aliphatic rings. The second-order valence-electron chi connectivity index (χ2n) is 2.97. The van der Waals surface area contributed by atoms with Crippen LogP contribution in [0.2, 0.25) is 0 Å². The highest BCUT2D eigenvalue weighted by Gasteiger charge is 2.29. The highest BCUT2D eigenvalue weighted by molar-refractivity contribution is 5.76. The van der Waals surface area contributed by atoms with Crippen LogP contribution in [-0.4, -0.2) is 38.9 Å². The fraction of sp³-hybridized carbons (Fsp3) is 0.875. The van der Waals surface area contributed by atoms with Crippen LogP contribution in [0.1, 0.15) is 12.8 Å². The van der Waals surface area contributed by atoms with Gasteiger partial charge in [-0.1, -0.05) is 0 Å². The van der Waals surface area contributed by atoms with Gasteiger partial charge >= 0.3 is 5.97 Å². The summed E-state index contributed by atoms with van der Waals surface area (Å²) in [6, 6.07) is 0.175. The molecule has 1 aliphatic heterocycles. The van der Waals surface area contributed by atoms with Crippen LogP contribution in [-0.2, 0) is 14.3 Å². The fourth-order valence-corrected chi connectivity index (χ4v) is 1.48. The predicted octanol–water partition coefficient (Wildman–Crippen LogP) is -0.0736. The third-order valence-corrected chi connectivity index (χ3v) is 2.09. The van der Waals surface area contributed by atoms with E-state index in [2.05, 4.69) is 10.1 Å². The number of esters is 1. The Kier molecular flexibility index (Phi) is 3.49. The number of rotatable bonds is 3. The van der Waals surface area contributed by atoms with Crippen molar-refractivity contribution in [3.63, 3.8) is 0 Å². The van der Waals surface area contributed by atoms with Crippen LogP contribution in [0.15, 0.2) is 0 Å². The van der Waals surface area contributed by atoms with Crippen molar-refractivity contribution in [2.24, 2.45) is 0 Å². The van der Waals surface area contributed by atoms with Gasteiger partial charge in [0.25, 0.3) is 0 Å². The Hall–Kier alpha value is -0.610. The quantitative estimate of drug-likeness (QED) is 0.607. The molecule has 0 bridgehead atoms. The number of nitrogens with one attached hydrogen (secondary N) is 1. The molecule has 0 unspecified atom stereocenters. The highest BCUT2D eigenvalue weighted by atomic mass is 16.5. The second kappa shape index (κ2) is 4.42. The Labute approximate surface area is 72.2 Å². The highest BCUT2D eigenvalue weighted by Crippen LogP contribution is 2.13. The summed E-state index contributed by atoms with van der Waals surface area (Å²) in [6.07, 6.45) is 1.83. The maximum Gasteiger partial charge on any atom is 0.322 e. The summed E-state index contributed by atoms with van der Waals surface area (Å²) < 4.78 is 9.59. The first-order chi connectivity index (χ1) is 5.77. The molecule has 1 saturated heterocycles.